The molecule has 1 aliphatic heterocycles. The zero-order valence-corrected chi connectivity index (χ0v) is 11.0. The zero-order valence-electron chi connectivity index (χ0n) is 10.2. The van der Waals surface area contributed by atoms with Gasteiger partial charge in [0.15, 0.2) is 0 Å². The third-order valence-corrected chi connectivity index (χ3v) is 5.12. The smallest absolute Gasteiger partial charge is 0.309 e. The second-order valence-electron chi connectivity index (χ2n) is 4.57. The van der Waals surface area contributed by atoms with Gasteiger partial charge in [-0.1, -0.05) is 0 Å². The van der Waals surface area contributed by atoms with Gasteiger partial charge in [-0.2, -0.15) is 0 Å². The first kappa shape index (κ1) is 14.4. The van der Waals surface area contributed by atoms with Crippen molar-refractivity contribution in [3.8, 4) is 0 Å². The molecule has 100 valence electrons. The Labute approximate surface area is 102 Å². The average Bonchev–Trinajstić information content (AvgIpc) is 2.27. The molecule has 1 rings (SSSR count). The van der Waals surface area contributed by atoms with Gasteiger partial charge in [0.05, 0.1) is 17.8 Å². The lowest BCUT2D eigenvalue weighted by Crippen LogP contribution is -2.46. The molecule has 0 aromatic heterocycles. The van der Waals surface area contributed by atoms with Gasteiger partial charge in [0.1, 0.15) is 0 Å². The number of piperidine rings is 1. The summed E-state index contributed by atoms with van der Waals surface area (Å²) in [4.78, 5) is 11.0. The van der Waals surface area contributed by atoms with Crippen molar-refractivity contribution >= 4 is 16.0 Å². The molecule has 6 nitrogen and oxygen atoms in total. The lowest BCUT2D eigenvalue weighted by Gasteiger charge is -2.35. The van der Waals surface area contributed by atoms with Crippen molar-refractivity contribution in [2.45, 2.75) is 19.8 Å². The number of nitrogens with zero attached hydrogens (tertiary/aromatic N) is 1. The van der Waals surface area contributed by atoms with E-state index in [1.165, 1.54) is 11.4 Å². The molecule has 1 saturated heterocycles. The van der Waals surface area contributed by atoms with Crippen LogP contribution >= 0.6 is 0 Å². The fourth-order valence-corrected chi connectivity index (χ4v) is 3.16. The van der Waals surface area contributed by atoms with Crippen LogP contribution in [0.25, 0.3) is 0 Å². The molecule has 0 unspecified atom stereocenters. The summed E-state index contributed by atoms with van der Waals surface area (Å²) in [6.45, 7) is 2.37. The molecule has 0 aliphatic carbocycles. The van der Waals surface area contributed by atoms with Gasteiger partial charge in [-0.05, 0) is 19.8 Å². The lowest BCUT2D eigenvalue weighted by molar-refractivity contribution is -0.150. The van der Waals surface area contributed by atoms with Crippen LogP contribution in [0.2, 0.25) is 0 Å². The third kappa shape index (κ3) is 3.40. The van der Waals surface area contributed by atoms with Crippen molar-refractivity contribution in [2.24, 2.45) is 5.41 Å². The van der Waals surface area contributed by atoms with Gasteiger partial charge >= 0.3 is 5.97 Å². The number of hydrogen-bond acceptors (Lipinski definition) is 4. The summed E-state index contributed by atoms with van der Waals surface area (Å²) in [6.07, 6.45) is 0.711. The van der Waals surface area contributed by atoms with Gasteiger partial charge in [0.2, 0.25) is 10.0 Å². The first-order valence-corrected chi connectivity index (χ1v) is 7.13. The number of carbonyl (C=O) groups is 1. The van der Waals surface area contributed by atoms with Gasteiger partial charge in [0, 0.05) is 20.2 Å². The van der Waals surface area contributed by atoms with E-state index in [9.17, 15) is 13.2 Å². The monoisotopic (exact) mass is 265 g/mol. The lowest BCUT2D eigenvalue weighted by atomic mass is 9.81. The Bertz CT molecular complexity index is 370. The number of sulfonamides is 1. The number of rotatable bonds is 5. The van der Waals surface area contributed by atoms with Crippen molar-refractivity contribution in [3.05, 3.63) is 0 Å². The number of aliphatic carboxylic acids is 1. The van der Waals surface area contributed by atoms with Crippen molar-refractivity contribution in [1.29, 1.82) is 0 Å². The van der Waals surface area contributed by atoms with Crippen LogP contribution in [0.15, 0.2) is 0 Å². The topological polar surface area (TPSA) is 83.9 Å². The largest absolute Gasteiger partial charge is 0.481 e. The van der Waals surface area contributed by atoms with Crippen LogP contribution in [-0.2, 0) is 19.6 Å². The summed E-state index contributed by atoms with van der Waals surface area (Å²) < 4.78 is 29.8. The van der Waals surface area contributed by atoms with E-state index >= 15 is 0 Å². The summed E-state index contributed by atoms with van der Waals surface area (Å²) in [5.74, 6) is -0.903. The van der Waals surface area contributed by atoms with Gasteiger partial charge in [-0.3, -0.25) is 4.79 Å². The highest BCUT2D eigenvalue weighted by Gasteiger charge is 2.39. The second kappa shape index (κ2) is 5.32. The molecule has 1 fully saturated rings. The summed E-state index contributed by atoms with van der Waals surface area (Å²) in [6, 6.07) is 0. The molecule has 0 aromatic carbocycles. The SMILES string of the molecule is COCCS(=O)(=O)N1CCC(C)(C(=O)O)CC1. The molecule has 0 bridgehead atoms. The highest BCUT2D eigenvalue weighted by molar-refractivity contribution is 7.89. The van der Waals surface area contributed by atoms with Crippen molar-refractivity contribution in [1.82, 2.24) is 4.31 Å². The first-order chi connectivity index (χ1) is 7.82. The Balaban J connectivity index is 2.60. The van der Waals surface area contributed by atoms with Gasteiger partial charge < -0.3 is 9.84 Å². The molecule has 17 heavy (non-hydrogen) atoms. The highest BCUT2D eigenvalue weighted by atomic mass is 32.2. The van der Waals surface area contributed by atoms with Crippen LogP contribution in [0.4, 0.5) is 0 Å². The second-order valence-corrected chi connectivity index (χ2v) is 6.66. The summed E-state index contributed by atoms with van der Waals surface area (Å²) in [7, 11) is -1.85. The molecule has 0 amide bonds. The summed E-state index contributed by atoms with van der Waals surface area (Å²) >= 11 is 0. The molecule has 1 N–H and O–H groups in total. The van der Waals surface area contributed by atoms with Gasteiger partial charge in [-0.15, -0.1) is 0 Å². The maximum atomic E-state index is 11.8. The van der Waals surface area contributed by atoms with E-state index in [1.807, 2.05) is 0 Å². The molecule has 0 aromatic rings. The Morgan fingerprint density at radius 3 is 2.35 bits per heavy atom. The maximum absolute atomic E-state index is 11.8. The Hall–Kier alpha value is -0.660. The molecular formula is C10H19NO5S. The fraction of sp³-hybridized carbons (Fsp3) is 0.900. The van der Waals surface area contributed by atoms with Crippen LogP contribution in [0.3, 0.4) is 0 Å². The minimum Gasteiger partial charge on any atom is -0.481 e. The minimum atomic E-state index is -3.31. The number of carboxylic acids is 1. The maximum Gasteiger partial charge on any atom is 0.309 e. The van der Waals surface area contributed by atoms with Crippen molar-refractivity contribution in [3.63, 3.8) is 0 Å². The molecule has 7 heteroatoms. The van der Waals surface area contributed by atoms with Gasteiger partial charge in [-0.25, -0.2) is 12.7 Å². The number of ether oxygens (including phenoxy) is 1. The first-order valence-electron chi connectivity index (χ1n) is 5.52. The number of methoxy groups -OCH3 is 1. The van der Waals surface area contributed by atoms with E-state index in [1.54, 1.807) is 6.92 Å². The highest BCUT2D eigenvalue weighted by Crippen LogP contribution is 2.32. The minimum absolute atomic E-state index is 0.0483. The van der Waals surface area contributed by atoms with Crippen LogP contribution in [0.1, 0.15) is 19.8 Å². The van der Waals surface area contributed by atoms with E-state index in [2.05, 4.69) is 0 Å². The van der Waals surface area contributed by atoms with E-state index in [0.29, 0.717) is 12.8 Å². The molecule has 1 heterocycles. The number of hydrogen-bond donors (Lipinski definition) is 1. The van der Waals surface area contributed by atoms with E-state index < -0.39 is 21.4 Å². The fourth-order valence-electron chi connectivity index (χ4n) is 1.79. The summed E-state index contributed by atoms with van der Waals surface area (Å²) in [5, 5.41) is 9.04. The molecule has 0 radical (unpaired) electrons. The van der Waals surface area contributed by atoms with Crippen molar-refractivity contribution in [2.75, 3.05) is 32.6 Å². The molecular weight excluding hydrogens is 246 g/mol. The molecule has 0 spiro atoms. The quantitative estimate of drug-likeness (QED) is 0.765. The predicted molar refractivity (Wildman–Crippen MR) is 62.2 cm³/mol. The third-order valence-electron chi connectivity index (χ3n) is 3.28. The summed E-state index contributed by atoms with van der Waals surface area (Å²) in [5.41, 5.74) is -0.798. The Morgan fingerprint density at radius 1 is 1.41 bits per heavy atom. The Kier molecular flexibility index (Phi) is 4.51. The number of carboxylic acid groups (broad SMARTS) is 1. The van der Waals surface area contributed by atoms with Gasteiger partial charge in [0.25, 0.3) is 0 Å². The van der Waals surface area contributed by atoms with Crippen LogP contribution in [0, 0.1) is 5.41 Å². The van der Waals surface area contributed by atoms with Crippen LogP contribution in [-0.4, -0.2) is 56.4 Å². The van der Waals surface area contributed by atoms with E-state index in [-0.39, 0.29) is 25.4 Å². The zero-order chi connectivity index (χ0) is 13.1. The standard InChI is InChI=1S/C10H19NO5S/c1-10(9(12)13)3-5-11(6-4-10)17(14,15)8-7-16-2/h3-8H2,1-2H3,(H,12,13). The predicted octanol–water partition coefficient (Wildman–Crippen LogP) is 0.149. The Morgan fingerprint density at radius 2 is 1.94 bits per heavy atom. The van der Waals surface area contributed by atoms with Crippen LogP contribution in [0.5, 0.6) is 0 Å². The van der Waals surface area contributed by atoms with E-state index in [4.69, 9.17) is 9.84 Å². The normalized spacial score (nSPS) is 21.3. The van der Waals surface area contributed by atoms with Crippen LogP contribution < -0.4 is 0 Å². The molecule has 1 aliphatic rings. The van der Waals surface area contributed by atoms with Crippen molar-refractivity contribution < 1.29 is 23.1 Å². The molecule has 0 atom stereocenters. The average molecular weight is 265 g/mol. The van der Waals surface area contributed by atoms with E-state index in [0.717, 1.165) is 0 Å². The molecule has 0 saturated carbocycles.